The Morgan fingerprint density at radius 1 is 0.584 bits per heavy atom. The highest BCUT2D eigenvalue weighted by atomic mass is 79.9. The van der Waals surface area contributed by atoms with Gasteiger partial charge in [-0.25, -0.2) is 18.4 Å². The Morgan fingerprint density at radius 2 is 1.00 bits per heavy atom. The van der Waals surface area contributed by atoms with Gasteiger partial charge in [0, 0.05) is 112 Å². The molecular weight excluding hydrogens is 1080 g/mol. The second kappa shape index (κ2) is 31.7. The second-order valence-electron chi connectivity index (χ2n) is 17.7. The molecule has 2 N–H and O–H groups in total. The molecule has 2 fully saturated rings. The molecule has 0 aliphatic carbocycles. The lowest BCUT2D eigenvalue weighted by atomic mass is 10.1. The second-order valence-corrected chi connectivity index (χ2v) is 18.5. The Morgan fingerprint density at radius 3 is 1.39 bits per heavy atom. The van der Waals surface area contributed by atoms with Gasteiger partial charge in [0.15, 0.2) is 0 Å². The van der Waals surface area contributed by atoms with Crippen molar-refractivity contribution in [3.8, 4) is 22.9 Å². The first kappa shape index (κ1) is 59.8. The van der Waals surface area contributed by atoms with Crippen LogP contribution >= 0.6 is 15.9 Å². The van der Waals surface area contributed by atoms with Crippen LogP contribution in [0.15, 0.2) is 106 Å². The number of halogens is 7. The molecule has 0 spiro atoms. The lowest BCUT2D eigenvalue weighted by molar-refractivity contribution is 0.0976. The Labute approximate surface area is 452 Å². The van der Waals surface area contributed by atoms with E-state index in [0.717, 1.165) is 58.0 Å². The largest absolute Gasteiger partial charge is 0.415 e. The number of hydrogen-bond acceptors (Lipinski definition) is 13. The molecule has 77 heavy (non-hydrogen) atoms. The Hall–Kier alpha value is -6.44. The van der Waals surface area contributed by atoms with E-state index >= 15 is 4.39 Å². The predicted molar refractivity (Wildman–Crippen MR) is 282 cm³/mol. The lowest BCUT2D eigenvalue weighted by Gasteiger charge is -2.34. The number of alkyl halides is 5. The zero-order chi connectivity index (χ0) is 54.9. The lowest BCUT2D eigenvalue weighted by Crippen LogP contribution is -2.50. The molecule has 4 aromatic carbocycles. The Kier molecular flexibility index (Phi) is 24.6. The number of piperazine rings is 1. The van der Waals surface area contributed by atoms with E-state index in [1.807, 2.05) is 12.1 Å². The van der Waals surface area contributed by atoms with Crippen LogP contribution in [0.5, 0.6) is 0 Å². The number of carbonyl (C=O) groups excluding carboxylic acids is 2. The zero-order valence-electron chi connectivity index (χ0n) is 42.9. The van der Waals surface area contributed by atoms with Gasteiger partial charge in [0.05, 0.1) is 26.3 Å². The minimum absolute atomic E-state index is 0.0314. The number of rotatable bonds is 21. The highest BCUT2D eigenvalue weighted by Crippen LogP contribution is 2.28. The van der Waals surface area contributed by atoms with Crippen LogP contribution in [0.2, 0.25) is 0 Å². The van der Waals surface area contributed by atoms with Crippen molar-refractivity contribution in [3.63, 3.8) is 0 Å². The Balaban J connectivity index is 0.000000216. The van der Waals surface area contributed by atoms with Crippen LogP contribution in [0.25, 0.3) is 22.9 Å². The number of benzene rings is 4. The average molecular weight is 1150 g/mol. The van der Waals surface area contributed by atoms with Crippen molar-refractivity contribution in [1.29, 1.82) is 0 Å². The molecule has 2 aliphatic rings. The van der Waals surface area contributed by atoms with Gasteiger partial charge in [0.2, 0.25) is 11.8 Å². The fourth-order valence-corrected chi connectivity index (χ4v) is 8.34. The number of nitrogens with one attached hydrogen (secondary N) is 2. The molecule has 2 aliphatic heterocycles. The highest BCUT2D eigenvalue weighted by Gasteiger charge is 2.24. The average Bonchev–Trinajstić information content (AvgIpc) is 4.17. The molecular formula is C53H64BrF6N11O6. The Bertz CT molecular complexity index is 2680. The summed E-state index contributed by atoms with van der Waals surface area (Å²) >= 11 is 3.24. The van der Waals surface area contributed by atoms with Crippen molar-refractivity contribution in [3.05, 3.63) is 132 Å². The summed E-state index contributed by atoms with van der Waals surface area (Å²) in [6.45, 7) is 11.4. The first-order valence-corrected chi connectivity index (χ1v) is 26.2. The minimum atomic E-state index is -2.91. The molecule has 8 rings (SSSR count). The number of aromatic nitrogens is 4. The van der Waals surface area contributed by atoms with E-state index in [2.05, 4.69) is 61.7 Å². The van der Waals surface area contributed by atoms with E-state index < -0.39 is 36.3 Å². The van der Waals surface area contributed by atoms with Crippen molar-refractivity contribution in [2.45, 2.75) is 45.2 Å². The van der Waals surface area contributed by atoms with Gasteiger partial charge in [-0.3, -0.25) is 19.6 Å². The summed E-state index contributed by atoms with van der Waals surface area (Å²) in [6, 6.07) is 25.2. The number of anilines is 2. The molecule has 2 saturated heterocycles. The molecule has 0 saturated carbocycles. The van der Waals surface area contributed by atoms with Crippen molar-refractivity contribution >= 4 is 39.4 Å². The van der Waals surface area contributed by atoms with E-state index in [4.69, 9.17) is 18.3 Å². The maximum atomic E-state index is 15.0. The summed E-state index contributed by atoms with van der Waals surface area (Å²) < 4.78 is 100. The normalized spacial score (nSPS) is 14.1. The molecule has 0 bridgehead atoms. The van der Waals surface area contributed by atoms with Crippen LogP contribution < -0.4 is 20.4 Å². The van der Waals surface area contributed by atoms with Crippen LogP contribution in [-0.4, -0.2) is 152 Å². The van der Waals surface area contributed by atoms with Gasteiger partial charge in [0.25, 0.3) is 11.8 Å². The van der Waals surface area contributed by atoms with Crippen molar-refractivity contribution in [2.24, 2.45) is 0 Å². The molecule has 24 heteroatoms. The maximum Gasteiger partial charge on any atom is 0.322 e. The van der Waals surface area contributed by atoms with E-state index in [1.165, 1.54) is 66.4 Å². The van der Waals surface area contributed by atoms with Gasteiger partial charge in [-0.2, -0.15) is 17.6 Å². The molecule has 6 aromatic rings. The molecule has 0 radical (unpaired) electrons. The number of methoxy groups -OCH3 is 2. The van der Waals surface area contributed by atoms with Crippen molar-refractivity contribution in [1.82, 2.24) is 45.7 Å². The smallest absolute Gasteiger partial charge is 0.322 e. The number of piperidine rings is 1. The molecule has 416 valence electrons. The zero-order valence-corrected chi connectivity index (χ0v) is 44.5. The molecule has 2 aromatic heterocycles. The summed E-state index contributed by atoms with van der Waals surface area (Å²) in [5.41, 5.74) is 2.03. The minimum Gasteiger partial charge on any atom is -0.415 e. The number of para-hydroxylation sites is 2. The third-order valence-corrected chi connectivity index (χ3v) is 12.7. The third kappa shape index (κ3) is 18.9. The fraction of sp³-hybridized carbons (Fsp3) is 0.434. The van der Waals surface area contributed by atoms with Crippen LogP contribution in [-0.2, 0) is 22.6 Å². The number of hydrogen-bond donors (Lipinski definition) is 2. The van der Waals surface area contributed by atoms with Gasteiger partial charge in [-0.05, 0) is 74.5 Å². The molecule has 0 unspecified atom stereocenters. The van der Waals surface area contributed by atoms with Crippen LogP contribution in [0.4, 0.5) is 47.3 Å². The van der Waals surface area contributed by atoms with E-state index in [0.29, 0.717) is 42.9 Å². The molecule has 17 nitrogen and oxygen atoms in total. The molecule has 4 heterocycles. The summed E-state index contributed by atoms with van der Waals surface area (Å²) in [5, 5.41) is 19.8. The van der Waals surface area contributed by atoms with E-state index in [9.17, 15) is 31.5 Å². The third-order valence-electron chi connectivity index (χ3n) is 12.3. The van der Waals surface area contributed by atoms with Crippen LogP contribution in [0.1, 0.15) is 55.0 Å². The van der Waals surface area contributed by atoms with Crippen molar-refractivity contribution in [2.75, 3.05) is 115 Å². The fourth-order valence-electron chi connectivity index (χ4n) is 8.14. The highest BCUT2D eigenvalue weighted by molar-refractivity contribution is 9.09. The van der Waals surface area contributed by atoms with Gasteiger partial charge in [-0.15, -0.1) is 20.4 Å². The van der Waals surface area contributed by atoms with Gasteiger partial charge >= 0.3 is 24.9 Å². The first-order chi connectivity index (χ1) is 37.4. The van der Waals surface area contributed by atoms with Crippen LogP contribution in [0, 0.1) is 11.6 Å². The SMILES string of the molecule is COCCN1CCCCC1.COCCN1CCN(CCNC(=O)N(Cc2ccc(-c3nnc(C(F)F)o3)cc2F)c2ccccc2)CC1.O=C(NCCBr)N(Cc1ccc(-c2nnc(C(F)F)o2)cc1F)c1ccccc1. The monoisotopic (exact) mass is 1140 g/mol. The molecule has 0 atom stereocenters. The number of ether oxygens (including phenoxy) is 2. The quantitative estimate of drug-likeness (QED) is 0.0516. The number of carbonyl (C=O) groups is 2. The molecule has 4 amide bonds. The van der Waals surface area contributed by atoms with Gasteiger partial charge in [-0.1, -0.05) is 70.9 Å². The summed E-state index contributed by atoms with van der Waals surface area (Å²) in [5.74, 6) is -3.33. The maximum absolute atomic E-state index is 15.0. The van der Waals surface area contributed by atoms with E-state index in [-0.39, 0.29) is 59.2 Å². The summed E-state index contributed by atoms with van der Waals surface area (Å²) in [6.07, 6.45) is -1.64. The van der Waals surface area contributed by atoms with Gasteiger partial charge in [0.1, 0.15) is 11.6 Å². The van der Waals surface area contributed by atoms with E-state index in [1.54, 1.807) is 62.8 Å². The standard InChI is InChI=1S/C26H31F3N6O3.C19H16BrF3N4O2.C8H17NO/c1-37-16-15-34-13-11-33(12-14-34)10-9-30-26(36)35(21-5-3-2-4-6-21)18-20-8-7-19(17-22(20)27)24-31-32-25(38-24)23(28)29;20-8-9-24-19(28)27(14-4-2-1-3-5-14)11-13-7-6-12(10-15(13)21)17-25-26-18(29-17)16(22)23;1-10-8-7-9-5-3-2-4-6-9/h2-8,17,23H,9-16,18H2,1H3,(H,30,36);1-7,10,16H,8-9,11H2,(H,24,28);2-8H2,1H3. The number of nitrogens with zero attached hydrogens (tertiary/aromatic N) is 9. The predicted octanol–water partition coefficient (Wildman–Crippen LogP) is 9.84. The van der Waals surface area contributed by atoms with Crippen LogP contribution in [0.3, 0.4) is 0 Å². The topological polar surface area (TPSA) is 171 Å². The summed E-state index contributed by atoms with van der Waals surface area (Å²) in [4.78, 5) is 35.7. The number of amides is 4. The first-order valence-electron chi connectivity index (χ1n) is 25.1. The number of urea groups is 2. The number of likely N-dealkylation sites (tertiary alicyclic amines) is 1. The van der Waals surface area contributed by atoms with Gasteiger partial charge < -0.3 is 33.8 Å². The summed E-state index contributed by atoms with van der Waals surface area (Å²) in [7, 11) is 3.47. The van der Waals surface area contributed by atoms with Crippen molar-refractivity contribution < 1.29 is 54.2 Å².